The van der Waals surface area contributed by atoms with E-state index in [0.29, 0.717) is 17.0 Å². The van der Waals surface area contributed by atoms with E-state index in [9.17, 15) is 4.79 Å². The largest absolute Gasteiger partial charge is 0.478 e. The highest BCUT2D eigenvalue weighted by molar-refractivity contribution is 6.31. The van der Waals surface area contributed by atoms with Crippen LogP contribution in [-0.4, -0.2) is 41.7 Å². The lowest BCUT2D eigenvalue weighted by atomic mass is 9.96. The first-order valence-corrected chi connectivity index (χ1v) is 10.5. The normalized spacial score (nSPS) is 22.9. The minimum Gasteiger partial charge on any atom is -0.478 e. The zero-order valence-corrected chi connectivity index (χ0v) is 16.7. The summed E-state index contributed by atoms with van der Waals surface area (Å²) in [5, 5.41) is 13.4. The number of rotatable bonds is 7. The van der Waals surface area contributed by atoms with E-state index in [-0.39, 0.29) is 5.56 Å². The molecule has 2 fully saturated rings. The van der Waals surface area contributed by atoms with Gasteiger partial charge in [-0.2, -0.15) is 0 Å². The summed E-state index contributed by atoms with van der Waals surface area (Å²) in [5.41, 5.74) is 2.71. The highest BCUT2D eigenvalue weighted by Crippen LogP contribution is 2.40. The van der Waals surface area contributed by atoms with Crippen molar-refractivity contribution < 1.29 is 9.90 Å². The van der Waals surface area contributed by atoms with E-state index in [4.69, 9.17) is 16.7 Å². The predicted octanol–water partition coefficient (Wildman–Crippen LogP) is 4.40. The molecule has 148 valence electrons. The monoisotopic (exact) mass is 398 g/mol. The predicted molar refractivity (Wildman–Crippen MR) is 112 cm³/mol. The molecule has 0 aromatic heterocycles. The van der Waals surface area contributed by atoms with Crippen molar-refractivity contribution in [1.29, 1.82) is 0 Å². The van der Waals surface area contributed by atoms with E-state index in [1.165, 1.54) is 24.8 Å². The fourth-order valence-corrected chi connectivity index (χ4v) is 4.45. The Hall–Kier alpha value is -1.88. The number of carbonyl (C=O) groups is 1. The number of piperidine rings is 1. The molecule has 2 aromatic rings. The lowest BCUT2D eigenvalue weighted by Gasteiger charge is -2.32. The van der Waals surface area contributed by atoms with Gasteiger partial charge in [-0.1, -0.05) is 48.0 Å². The molecule has 28 heavy (non-hydrogen) atoms. The summed E-state index contributed by atoms with van der Waals surface area (Å²) in [6.07, 6.45) is 3.65. The van der Waals surface area contributed by atoms with E-state index in [1.807, 2.05) is 6.07 Å². The highest BCUT2D eigenvalue weighted by Gasteiger charge is 2.38. The number of benzene rings is 2. The number of hydrogen-bond acceptors (Lipinski definition) is 3. The van der Waals surface area contributed by atoms with E-state index in [2.05, 4.69) is 40.5 Å². The molecule has 2 aromatic carbocycles. The number of aromatic carboxylic acids is 1. The van der Waals surface area contributed by atoms with Gasteiger partial charge in [0.05, 0.1) is 5.56 Å². The van der Waals surface area contributed by atoms with Gasteiger partial charge < -0.3 is 10.4 Å². The summed E-state index contributed by atoms with van der Waals surface area (Å²) >= 11 is 6.28. The molecule has 1 aliphatic carbocycles. The third-order valence-electron chi connectivity index (χ3n) is 6.09. The van der Waals surface area contributed by atoms with Crippen LogP contribution in [0.1, 0.15) is 46.7 Å². The van der Waals surface area contributed by atoms with Crippen molar-refractivity contribution in [3.63, 3.8) is 0 Å². The van der Waals surface area contributed by atoms with Gasteiger partial charge in [-0.3, -0.25) is 4.90 Å². The molecule has 1 saturated carbocycles. The number of carboxylic acids is 1. The summed E-state index contributed by atoms with van der Waals surface area (Å²) in [6.45, 7) is 4.03. The van der Waals surface area contributed by atoms with Gasteiger partial charge in [-0.25, -0.2) is 4.79 Å². The maximum Gasteiger partial charge on any atom is 0.335 e. The van der Waals surface area contributed by atoms with Gasteiger partial charge in [0.15, 0.2) is 0 Å². The average molecular weight is 399 g/mol. The smallest absolute Gasteiger partial charge is 0.335 e. The Morgan fingerprint density at radius 3 is 2.57 bits per heavy atom. The van der Waals surface area contributed by atoms with E-state index >= 15 is 0 Å². The molecule has 1 saturated heterocycles. The average Bonchev–Trinajstić information content (AvgIpc) is 3.49. The third kappa shape index (κ3) is 4.75. The van der Waals surface area contributed by atoms with Crippen LogP contribution in [0, 0.1) is 5.92 Å². The highest BCUT2D eigenvalue weighted by atomic mass is 35.5. The van der Waals surface area contributed by atoms with E-state index in [0.717, 1.165) is 37.7 Å². The van der Waals surface area contributed by atoms with Crippen LogP contribution >= 0.6 is 11.6 Å². The molecule has 4 rings (SSSR count). The van der Waals surface area contributed by atoms with Crippen molar-refractivity contribution in [3.8, 4) is 0 Å². The first-order valence-electron chi connectivity index (χ1n) is 10.1. The van der Waals surface area contributed by atoms with Crippen LogP contribution in [0.25, 0.3) is 0 Å². The van der Waals surface area contributed by atoms with Gasteiger partial charge in [0.25, 0.3) is 0 Å². The molecule has 1 unspecified atom stereocenters. The first kappa shape index (κ1) is 19.4. The number of nitrogens with zero attached hydrogens (tertiary/aromatic N) is 1. The summed E-state index contributed by atoms with van der Waals surface area (Å²) in [6, 6.07) is 16.5. The third-order valence-corrected chi connectivity index (χ3v) is 6.44. The zero-order valence-electron chi connectivity index (χ0n) is 16.0. The molecule has 0 spiro atoms. The fraction of sp³-hybridized carbons (Fsp3) is 0.435. The zero-order chi connectivity index (χ0) is 19.5. The Bertz CT molecular complexity index is 819. The minimum absolute atomic E-state index is 0.243. The Morgan fingerprint density at radius 2 is 1.89 bits per heavy atom. The second-order valence-corrected chi connectivity index (χ2v) is 8.51. The van der Waals surface area contributed by atoms with Gasteiger partial charge in [-0.15, -0.1) is 0 Å². The molecular weight excluding hydrogens is 372 g/mol. The maximum atomic E-state index is 11.0. The van der Waals surface area contributed by atoms with Gasteiger partial charge in [0.2, 0.25) is 0 Å². The van der Waals surface area contributed by atoms with Gasteiger partial charge in [-0.05, 0) is 68.1 Å². The molecule has 0 amide bonds. The lowest BCUT2D eigenvalue weighted by Crippen LogP contribution is -2.37. The molecule has 0 radical (unpaired) electrons. The van der Waals surface area contributed by atoms with Crippen LogP contribution in [-0.2, 0) is 6.54 Å². The van der Waals surface area contributed by atoms with Crippen LogP contribution < -0.4 is 5.32 Å². The molecule has 2 N–H and O–H groups in total. The summed E-state index contributed by atoms with van der Waals surface area (Å²) in [4.78, 5) is 13.4. The topological polar surface area (TPSA) is 52.6 Å². The molecule has 4 nitrogen and oxygen atoms in total. The van der Waals surface area contributed by atoms with Gasteiger partial charge in [0.1, 0.15) is 0 Å². The van der Waals surface area contributed by atoms with Crippen molar-refractivity contribution >= 4 is 17.6 Å². The second-order valence-electron chi connectivity index (χ2n) is 8.10. The minimum atomic E-state index is -0.938. The van der Waals surface area contributed by atoms with Crippen LogP contribution in [0.2, 0.25) is 5.02 Å². The standard InChI is InChI=1S/C23H27ClN2O2/c24-21-12-18(23(27)28)6-7-19(21)15-26-10-8-16(9-11-26)14-25-22-13-20(22)17-4-2-1-3-5-17/h1-7,12,16,20,22,25H,8-11,13-15H2,(H,27,28)/t20-,22?/m0/s1. The Labute approximate surface area is 171 Å². The Balaban J connectivity index is 1.20. The molecule has 2 aliphatic rings. The quantitative estimate of drug-likeness (QED) is 0.726. The van der Waals surface area contributed by atoms with E-state index < -0.39 is 5.97 Å². The van der Waals surface area contributed by atoms with Crippen molar-refractivity contribution in [2.45, 2.75) is 37.8 Å². The van der Waals surface area contributed by atoms with Crippen molar-refractivity contribution in [3.05, 3.63) is 70.2 Å². The fourth-order valence-electron chi connectivity index (χ4n) is 4.21. The molecule has 1 aliphatic heterocycles. The number of nitrogens with one attached hydrogen (secondary N) is 1. The molecule has 2 atom stereocenters. The molecule has 5 heteroatoms. The summed E-state index contributed by atoms with van der Waals surface area (Å²) < 4.78 is 0. The maximum absolute atomic E-state index is 11.0. The van der Waals surface area contributed by atoms with Crippen LogP contribution in [0.15, 0.2) is 48.5 Å². The number of halogens is 1. The van der Waals surface area contributed by atoms with Gasteiger partial charge >= 0.3 is 5.97 Å². The van der Waals surface area contributed by atoms with Crippen molar-refractivity contribution in [1.82, 2.24) is 10.2 Å². The molecule has 0 bridgehead atoms. The van der Waals surface area contributed by atoms with Gasteiger partial charge in [0, 0.05) is 23.5 Å². The number of likely N-dealkylation sites (tertiary alicyclic amines) is 1. The SMILES string of the molecule is O=C(O)c1ccc(CN2CCC(CNC3C[C@H]3c3ccccc3)CC2)c(Cl)c1. The van der Waals surface area contributed by atoms with E-state index in [1.54, 1.807) is 12.1 Å². The van der Waals surface area contributed by atoms with Crippen molar-refractivity contribution in [2.75, 3.05) is 19.6 Å². The van der Waals surface area contributed by atoms with Crippen LogP contribution in [0.4, 0.5) is 0 Å². The lowest BCUT2D eigenvalue weighted by molar-refractivity contribution is 0.0697. The second kappa shape index (κ2) is 8.64. The number of hydrogen-bond donors (Lipinski definition) is 2. The van der Waals surface area contributed by atoms with Crippen LogP contribution in [0.3, 0.4) is 0 Å². The molecule has 1 heterocycles. The Morgan fingerprint density at radius 1 is 1.14 bits per heavy atom. The summed E-state index contributed by atoms with van der Waals surface area (Å²) in [5.74, 6) is 0.488. The Kier molecular flexibility index (Phi) is 6.00. The molecular formula is C23H27ClN2O2. The first-order chi connectivity index (χ1) is 13.6. The number of carboxylic acid groups (broad SMARTS) is 1. The van der Waals surface area contributed by atoms with Crippen molar-refractivity contribution in [2.24, 2.45) is 5.92 Å². The summed E-state index contributed by atoms with van der Waals surface area (Å²) in [7, 11) is 0. The van der Waals surface area contributed by atoms with Crippen LogP contribution in [0.5, 0.6) is 0 Å².